The first-order valence-electron chi connectivity index (χ1n) is 8.23. The van der Waals surface area contributed by atoms with Gasteiger partial charge in [0, 0.05) is 61.5 Å². The van der Waals surface area contributed by atoms with Crippen molar-refractivity contribution in [1.29, 1.82) is 0 Å². The second-order valence-corrected chi connectivity index (χ2v) is 7.18. The van der Waals surface area contributed by atoms with E-state index in [0.717, 1.165) is 46.8 Å². The van der Waals surface area contributed by atoms with Crippen LogP contribution in [0.3, 0.4) is 0 Å². The van der Waals surface area contributed by atoms with E-state index in [4.69, 9.17) is 4.42 Å². The summed E-state index contributed by atoms with van der Waals surface area (Å²) in [6, 6.07) is 8.37. The van der Waals surface area contributed by atoms with E-state index < -0.39 is 0 Å². The molecule has 1 amide bonds. The SMILES string of the molecule is CCc1oc2ccccc2c1CN(C)C(=O)CC1CSCCN1. The molecule has 2 aromatic rings. The molecule has 1 unspecified atom stereocenters. The number of hydrogen-bond acceptors (Lipinski definition) is 4. The van der Waals surface area contributed by atoms with Crippen molar-refractivity contribution in [3.8, 4) is 0 Å². The molecule has 1 aliphatic heterocycles. The van der Waals surface area contributed by atoms with E-state index >= 15 is 0 Å². The molecular weight excluding hydrogens is 308 g/mol. The van der Waals surface area contributed by atoms with Crippen molar-refractivity contribution < 1.29 is 9.21 Å². The molecular formula is C18H24N2O2S. The largest absolute Gasteiger partial charge is 0.461 e. The van der Waals surface area contributed by atoms with Gasteiger partial charge < -0.3 is 14.6 Å². The minimum absolute atomic E-state index is 0.192. The lowest BCUT2D eigenvalue weighted by molar-refractivity contribution is -0.130. The molecule has 3 rings (SSSR count). The molecule has 23 heavy (non-hydrogen) atoms. The van der Waals surface area contributed by atoms with Crippen LogP contribution in [0, 0.1) is 0 Å². The Morgan fingerprint density at radius 2 is 2.26 bits per heavy atom. The van der Waals surface area contributed by atoms with Gasteiger partial charge in [-0.2, -0.15) is 11.8 Å². The summed E-state index contributed by atoms with van der Waals surface area (Å²) >= 11 is 1.92. The van der Waals surface area contributed by atoms with Gasteiger partial charge in [-0.25, -0.2) is 0 Å². The zero-order chi connectivity index (χ0) is 16.2. The van der Waals surface area contributed by atoms with Crippen LogP contribution in [0.25, 0.3) is 11.0 Å². The second kappa shape index (κ2) is 7.41. The number of aryl methyl sites for hydroxylation is 1. The summed E-state index contributed by atoms with van der Waals surface area (Å²) in [7, 11) is 1.89. The van der Waals surface area contributed by atoms with Crippen LogP contribution in [0.4, 0.5) is 0 Å². The van der Waals surface area contributed by atoms with Gasteiger partial charge in [-0.15, -0.1) is 0 Å². The van der Waals surface area contributed by atoms with Gasteiger partial charge in [0.1, 0.15) is 11.3 Å². The first-order chi connectivity index (χ1) is 11.2. The van der Waals surface area contributed by atoms with Gasteiger partial charge in [-0.1, -0.05) is 25.1 Å². The lowest BCUT2D eigenvalue weighted by Crippen LogP contribution is -2.41. The smallest absolute Gasteiger partial charge is 0.224 e. The number of benzene rings is 1. The highest BCUT2D eigenvalue weighted by molar-refractivity contribution is 7.99. The van der Waals surface area contributed by atoms with E-state index in [1.54, 1.807) is 0 Å². The number of thioether (sulfide) groups is 1. The molecule has 0 bridgehead atoms. The molecule has 1 fully saturated rings. The van der Waals surface area contributed by atoms with Crippen molar-refractivity contribution >= 4 is 28.6 Å². The van der Waals surface area contributed by atoms with Crippen LogP contribution in [0.5, 0.6) is 0 Å². The molecule has 1 aromatic heterocycles. The van der Waals surface area contributed by atoms with Gasteiger partial charge in [0.25, 0.3) is 0 Å². The highest BCUT2D eigenvalue weighted by Crippen LogP contribution is 2.27. The average molecular weight is 332 g/mol. The second-order valence-electron chi connectivity index (χ2n) is 6.03. The number of carbonyl (C=O) groups excluding carboxylic acids is 1. The van der Waals surface area contributed by atoms with Crippen molar-refractivity contribution in [2.45, 2.75) is 32.4 Å². The Kier molecular flexibility index (Phi) is 5.28. The zero-order valence-electron chi connectivity index (χ0n) is 13.8. The molecule has 1 atom stereocenters. The van der Waals surface area contributed by atoms with Gasteiger partial charge in [0.05, 0.1) is 0 Å². The first-order valence-corrected chi connectivity index (χ1v) is 9.39. The number of carbonyl (C=O) groups is 1. The molecule has 0 radical (unpaired) electrons. The van der Waals surface area contributed by atoms with Crippen LogP contribution in [-0.2, 0) is 17.8 Å². The molecule has 0 spiro atoms. The topological polar surface area (TPSA) is 45.5 Å². The van der Waals surface area contributed by atoms with Crippen LogP contribution in [-0.4, -0.2) is 41.9 Å². The fraction of sp³-hybridized carbons (Fsp3) is 0.500. The third-order valence-electron chi connectivity index (χ3n) is 4.34. The van der Waals surface area contributed by atoms with Crippen LogP contribution in [0.15, 0.2) is 28.7 Å². The molecule has 1 aliphatic rings. The van der Waals surface area contributed by atoms with Gasteiger partial charge in [-0.3, -0.25) is 4.79 Å². The molecule has 4 nitrogen and oxygen atoms in total. The van der Waals surface area contributed by atoms with Crippen molar-refractivity contribution in [1.82, 2.24) is 10.2 Å². The summed E-state index contributed by atoms with van der Waals surface area (Å²) in [5, 5.41) is 4.55. The van der Waals surface area contributed by atoms with Gasteiger partial charge >= 0.3 is 0 Å². The lowest BCUT2D eigenvalue weighted by atomic mass is 10.1. The zero-order valence-corrected chi connectivity index (χ0v) is 14.6. The predicted molar refractivity (Wildman–Crippen MR) is 95.8 cm³/mol. The summed E-state index contributed by atoms with van der Waals surface area (Å²) in [4.78, 5) is 14.4. The Labute approximate surface area is 141 Å². The maximum Gasteiger partial charge on any atom is 0.224 e. The minimum atomic E-state index is 0.192. The fourth-order valence-electron chi connectivity index (χ4n) is 3.05. The standard InChI is InChI=1S/C18H24N2O2S/c1-3-16-15(14-6-4-5-7-17(14)22-16)11-20(2)18(21)10-13-12-23-9-8-19-13/h4-7,13,19H,3,8-12H2,1-2H3. The molecule has 124 valence electrons. The molecule has 0 aliphatic carbocycles. The van der Waals surface area contributed by atoms with Gasteiger partial charge in [0.15, 0.2) is 0 Å². The van der Waals surface area contributed by atoms with E-state index in [9.17, 15) is 4.79 Å². The van der Waals surface area contributed by atoms with Crippen molar-refractivity contribution in [2.24, 2.45) is 0 Å². The summed E-state index contributed by atoms with van der Waals surface area (Å²) in [5.41, 5.74) is 2.05. The molecule has 5 heteroatoms. The third kappa shape index (κ3) is 3.72. The molecule has 0 saturated carbocycles. The van der Waals surface area contributed by atoms with E-state index in [1.807, 2.05) is 41.9 Å². The van der Waals surface area contributed by atoms with Crippen LogP contribution >= 0.6 is 11.8 Å². The first kappa shape index (κ1) is 16.4. The molecule has 2 heterocycles. The van der Waals surface area contributed by atoms with E-state index in [2.05, 4.69) is 18.3 Å². The predicted octanol–water partition coefficient (Wildman–Crippen LogP) is 3.05. The summed E-state index contributed by atoms with van der Waals surface area (Å²) in [6.07, 6.45) is 1.41. The third-order valence-corrected chi connectivity index (χ3v) is 5.47. The fourth-order valence-corrected chi connectivity index (χ4v) is 4.00. The molecule has 1 N–H and O–H groups in total. The Bertz CT molecular complexity index is 677. The van der Waals surface area contributed by atoms with Gasteiger partial charge in [-0.05, 0) is 6.07 Å². The normalized spacial score (nSPS) is 18.3. The number of furan rings is 1. The number of para-hydroxylation sites is 1. The Hall–Kier alpha value is -1.46. The van der Waals surface area contributed by atoms with Crippen LogP contribution in [0.1, 0.15) is 24.7 Å². The van der Waals surface area contributed by atoms with Crippen LogP contribution in [0.2, 0.25) is 0 Å². The Morgan fingerprint density at radius 3 is 3.00 bits per heavy atom. The summed E-state index contributed by atoms with van der Waals surface area (Å²) < 4.78 is 5.93. The van der Waals surface area contributed by atoms with E-state index in [-0.39, 0.29) is 5.91 Å². The highest BCUT2D eigenvalue weighted by Gasteiger charge is 2.21. The minimum Gasteiger partial charge on any atom is -0.461 e. The maximum atomic E-state index is 12.5. The monoisotopic (exact) mass is 332 g/mol. The molecule has 1 aromatic carbocycles. The number of fused-ring (bicyclic) bond motifs is 1. The van der Waals surface area contributed by atoms with Crippen molar-refractivity contribution in [2.75, 3.05) is 25.1 Å². The number of amides is 1. The Morgan fingerprint density at radius 1 is 1.43 bits per heavy atom. The summed E-state index contributed by atoms with van der Waals surface area (Å²) in [6.45, 7) is 3.70. The maximum absolute atomic E-state index is 12.5. The summed E-state index contributed by atoms with van der Waals surface area (Å²) in [5.74, 6) is 3.34. The average Bonchev–Trinajstić information content (AvgIpc) is 2.93. The van der Waals surface area contributed by atoms with E-state index in [0.29, 0.717) is 19.0 Å². The van der Waals surface area contributed by atoms with Gasteiger partial charge in [0.2, 0.25) is 5.91 Å². The highest BCUT2D eigenvalue weighted by atomic mass is 32.2. The quantitative estimate of drug-likeness (QED) is 0.914. The number of nitrogens with one attached hydrogen (secondary N) is 1. The molecule has 1 saturated heterocycles. The van der Waals surface area contributed by atoms with Crippen LogP contribution < -0.4 is 5.32 Å². The lowest BCUT2D eigenvalue weighted by Gasteiger charge is -2.25. The number of hydrogen-bond donors (Lipinski definition) is 1. The van der Waals surface area contributed by atoms with E-state index in [1.165, 1.54) is 0 Å². The van der Waals surface area contributed by atoms with Crippen molar-refractivity contribution in [3.63, 3.8) is 0 Å². The number of nitrogens with zero attached hydrogens (tertiary/aromatic N) is 1. The number of rotatable bonds is 5. The van der Waals surface area contributed by atoms with Crippen molar-refractivity contribution in [3.05, 3.63) is 35.6 Å². The Balaban J connectivity index is 1.71.